The molecule has 1 N–H and O–H groups in total. The Labute approximate surface area is 167 Å². The lowest BCUT2D eigenvalue weighted by atomic mass is 10.0. The fourth-order valence-electron chi connectivity index (χ4n) is 2.37. The molecule has 0 heterocycles. The zero-order valence-electron chi connectivity index (χ0n) is 15.2. The van der Waals surface area contributed by atoms with Crippen LogP contribution in [0.4, 0.5) is 0 Å². The van der Waals surface area contributed by atoms with Gasteiger partial charge in [-0.1, -0.05) is 42.8 Å². The summed E-state index contributed by atoms with van der Waals surface area (Å²) in [6, 6.07) is 17.3. The minimum atomic E-state index is -3.42. The second-order valence-corrected chi connectivity index (χ2v) is 10.2. The monoisotopic (exact) mass is 482 g/mol. The van der Waals surface area contributed by atoms with Crippen LogP contribution in [0.1, 0.15) is 31.7 Å². The van der Waals surface area contributed by atoms with Crippen LogP contribution in [0.25, 0.3) is 0 Å². The van der Waals surface area contributed by atoms with Crippen molar-refractivity contribution in [3.63, 3.8) is 0 Å². The van der Waals surface area contributed by atoms with Crippen LogP contribution in [-0.4, -0.2) is 15.0 Å². The van der Waals surface area contributed by atoms with Crippen molar-refractivity contribution < 1.29 is 29.6 Å². The maximum Gasteiger partial charge on any atom is 0.419 e. The highest BCUT2D eigenvalue weighted by atomic mass is 127. The summed E-state index contributed by atoms with van der Waals surface area (Å²) < 4.78 is 31.9. The fraction of sp³-hybridized carbons (Fsp3) is 0.333. The van der Waals surface area contributed by atoms with Crippen LogP contribution in [0.2, 0.25) is 0 Å². The molecule has 0 aromatic heterocycles. The lowest BCUT2D eigenvalue weighted by Crippen LogP contribution is -3.59. The van der Waals surface area contributed by atoms with Crippen LogP contribution in [0, 0.1) is 26.3 Å². The number of halogens is 1. The third-order valence-corrected chi connectivity index (χ3v) is 7.39. The third-order valence-electron chi connectivity index (χ3n) is 3.99. The summed E-state index contributed by atoms with van der Waals surface area (Å²) in [7, 11) is -3.42. The van der Waals surface area contributed by atoms with Gasteiger partial charge in [-0.2, -0.15) is 0 Å². The first-order valence-corrected chi connectivity index (χ1v) is 12.4. The van der Waals surface area contributed by atoms with Crippen molar-refractivity contribution in [2.45, 2.75) is 38.0 Å². The van der Waals surface area contributed by atoms with Gasteiger partial charge in [0.15, 0.2) is 3.93 Å². The predicted octanol–water partition coefficient (Wildman–Crippen LogP) is 0.999. The highest BCUT2D eigenvalue weighted by Gasteiger charge is 2.13. The number of hydrogen-bond donors (Lipinski definition) is 1. The Morgan fingerprint density at radius 1 is 1.08 bits per heavy atom. The normalized spacial score (nSPS) is 12.2. The smallest absolute Gasteiger partial charge is 0.211 e. The predicted molar refractivity (Wildman–Crippen MR) is 102 cm³/mol. The SMILES string of the molecule is CCC(C#C[I+]c1ccccc1)CCCNS(=O)(=O)c1ccc(C)cc1. The molecule has 0 amide bonds. The van der Waals surface area contributed by atoms with E-state index in [9.17, 15) is 8.42 Å². The van der Waals surface area contributed by atoms with Crippen LogP contribution in [0.5, 0.6) is 0 Å². The first-order chi connectivity index (χ1) is 12.5. The number of aryl methyl sites for hydroxylation is 1. The van der Waals surface area contributed by atoms with Gasteiger partial charge in [-0.25, -0.2) is 13.1 Å². The minimum Gasteiger partial charge on any atom is -0.211 e. The quantitative estimate of drug-likeness (QED) is 0.347. The van der Waals surface area contributed by atoms with Crippen molar-refractivity contribution >= 4 is 10.0 Å². The lowest BCUT2D eigenvalue weighted by Gasteiger charge is -2.09. The van der Waals surface area contributed by atoms with Crippen molar-refractivity contribution in [3.8, 4) is 9.85 Å². The van der Waals surface area contributed by atoms with Gasteiger partial charge in [-0.3, -0.25) is 0 Å². The van der Waals surface area contributed by atoms with Gasteiger partial charge in [0.2, 0.25) is 13.6 Å². The molecule has 3 nitrogen and oxygen atoms in total. The molecule has 0 radical (unpaired) electrons. The van der Waals surface area contributed by atoms with E-state index in [1.54, 1.807) is 12.1 Å². The Bertz CT molecular complexity index is 837. The highest BCUT2D eigenvalue weighted by molar-refractivity contribution is 7.89. The maximum atomic E-state index is 12.3. The van der Waals surface area contributed by atoms with Gasteiger partial charge in [-0.15, -0.1) is 0 Å². The summed E-state index contributed by atoms with van der Waals surface area (Å²) in [5.74, 6) is 3.71. The van der Waals surface area contributed by atoms with E-state index in [1.807, 2.05) is 37.3 Å². The standard InChI is InChI=1S/C21H25INO2S/c1-3-19(15-16-22-20-9-5-4-6-10-20)8-7-17-23-26(24,25)21-13-11-18(2)12-14-21/h4-6,9-14,19,23H,3,7-8,17H2,1-2H3/q+1. The van der Waals surface area contributed by atoms with Gasteiger partial charge in [0.25, 0.3) is 0 Å². The minimum absolute atomic E-state index is 0.258. The van der Waals surface area contributed by atoms with E-state index in [0.717, 1.165) is 24.8 Å². The van der Waals surface area contributed by atoms with E-state index in [0.29, 0.717) is 17.4 Å². The maximum absolute atomic E-state index is 12.3. The van der Waals surface area contributed by atoms with Crippen molar-refractivity contribution in [2.24, 2.45) is 5.92 Å². The zero-order valence-corrected chi connectivity index (χ0v) is 18.2. The van der Waals surface area contributed by atoms with E-state index >= 15 is 0 Å². The van der Waals surface area contributed by atoms with Crippen molar-refractivity contribution in [1.82, 2.24) is 4.72 Å². The molecular formula is C21H25INO2S+. The van der Waals surface area contributed by atoms with Crippen LogP contribution in [-0.2, 0) is 10.0 Å². The van der Waals surface area contributed by atoms with E-state index < -0.39 is 10.0 Å². The van der Waals surface area contributed by atoms with Crippen LogP contribution in [0.3, 0.4) is 0 Å². The Kier molecular flexibility index (Phi) is 8.63. The Hall–Kier alpha value is -1.36. The fourth-order valence-corrected chi connectivity index (χ4v) is 5.13. The molecule has 0 aliphatic carbocycles. The molecule has 0 saturated carbocycles. The topological polar surface area (TPSA) is 46.2 Å². The number of benzene rings is 2. The summed E-state index contributed by atoms with van der Waals surface area (Å²) in [4.78, 5) is 0.322. The molecule has 0 aliphatic heterocycles. The highest BCUT2D eigenvalue weighted by Crippen LogP contribution is 2.11. The van der Waals surface area contributed by atoms with Crippen molar-refractivity contribution in [3.05, 3.63) is 63.7 Å². The molecule has 2 aromatic rings. The summed E-state index contributed by atoms with van der Waals surface area (Å²) in [5.41, 5.74) is 1.05. The van der Waals surface area contributed by atoms with E-state index in [4.69, 9.17) is 0 Å². The van der Waals surface area contributed by atoms with Crippen LogP contribution in [0.15, 0.2) is 59.5 Å². The summed E-state index contributed by atoms with van der Waals surface area (Å²) >= 11 is -0.258. The molecule has 1 unspecified atom stereocenters. The first kappa shape index (κ1) is 20.9. The molecule has 26 heavy (non-hydrogen) atoms. The zero-order chi connectivity index (χ0) is 18.8. The third kappa shape index (κ3) is 7.10. The Morgan fingerprint density at radius 3 is 2.42 bits per heavy atom. The summed E-state index contributed by atoms with van der Waals surface area (Å²) in [5, 5.41) is 0. The number of nitrogens with one attached hydrogen (secondary N) is 1. The van der Waals surface area contributed by atoms with Gasteiger partial charge in [0.05, 0.1) is 4.90 Å². The van der Waals surface area contributed by atoms with Crippen LogP contribution >= 0.6 is 0 Å². The number of hydrogen-bond acceptors (Lipinski definition) is 2. The van der Waals surface area contributed by atoms with Crippen LogP contribution < -0.4 is 25.9 Å². The van der Waals surface area contributed by atoms with E-state index in [2.05, 4.69) is 33.6 Å². The average molecular weight is 482 g/mol. The molecule has 2 aromatic carbocycles. The largest absolute Gasteiger partial charge is 0.419 e. The van der Waals surface area contributed by atoms with Crippen molar-refractivity contribution in [2.75, 3.05) is 6.54 Å². The molecule has 1 atom stereocenters. The molecule has 0 aliphatic rings. The molecule has 0 bridgehead atoms. The summed E-state index contributed by atoms with van der Waals surface area (Å²) in [6.07, 6.45) is 2.70. The Morgan fingerprint density at radius 2 is 1.77 bits per heavy atom. The Balaban J connectivity index is 1.77. The molecule has 0 spiro atoms. The number of sulfonamides is 1. The van der Waals surface area contributed by atoms with Gasteiger partial charge < -0.3 is 0 Å². The molecule has 0 saturated heterocycles. The average Bonchev–Trinajstić information content (AvgIpc) is 2.65. The molecular weight excluding hydrogens is 457 g/mol. The molecule has 138 valence electrons. The van der Waals surface area contributed by atoms with Crippen molar-refractivity contribution in [1.29, 1.82) is 0 Å². The lowest BCUT2D eigenvalue weighted by molar-refractivity contribution is -0.535. The first-order valence-electron chi connectivity index (χ1n) is 8.77. The molecule has 5 heteroatoms. The van der Waals surface area contributed by atoms with Gasteiger partial charge in [0.1, 0.15) is 0 Å². The summed E-state index contributed by atoms with van der Waals surface area (Å²) in [6.45, 7) is 4.52. The second kappa shape index (κ2) is 10.7. The second-order valence-electron chi connectivity index (χ2n) is 6.09. The van der Waals surface area contributed by atoms with E-state index in [-0.39, 0.29) is 21.2 Å². The van der Waals surface area contributed by atoms with Gasteiger partial charge in [0, 0.05) is 12.5 Å². The van der Waals surface area contributed by atoms with Gasteiger partial charge >= 0.3 is 21.2 Å². The van der Waals surface area contributed by atoms with Gasteiger partial charge in [-0.05, 0) is 56.4 Å². The number of rotatable bonds is 8. The van der Waals surface area contributed by atoms with E-state index in [1.165, 1.54) is 3.57 Å². The molecule has 2 rings (SSSR count). The molecule has 0 fully saturated rings.